The van der Waals surface area contributed by atoms with Crippen LogP contribution in [0.1, 0.15) is 11.3 Å². The van der Waals surface area contributed by atoms with Gasteiger partial charge in [-0.1, -0.05) is 23.8 Å². The van der Waals surface area contributed by atoms with Gasteiger partial charge in [0.05, 0.1) is 11.4 Å². The molecule has 142 valence electrons. The number of aryl methyl sites for hydroxylation is 1. The Morgan fingerprint density at radius 3 is 2.19 bits per heavy atom. The van der Waals surface area contributed by atoms with Gasteiger partial charge in [-0.2, -0.15) is 18.3 Å². The zero-order chi connectivity index (χ0) is 20.0. The summed E-state index contributed by atoms with van der Waals surface area (Å²) >= 11 is 0. The quantitative estimate of drug-likeness (QED) is 0.683. The molecule has 0 atom stereocenters. The molecule has 3 aromatic rings. The Balaban J connectivity index is 2.21. The minimum absolute atomic E-state index is 0.0171. The molecule has 0 bridgehead atoms. The molecule has 0 fully saturated rings. The van der Waals surface area contributed by atoms with Gasteiger partial charge >= 0.3 is 6.18 Å². The maximum atomic E-state index is 14.1. The lowest BCUT2D eigenvalue weighted by molar-refractivity contribution is -0.141. The summed E-state index contributed by atoms with van der Waals surface area (Å²) in [4.78, 5) is -0.747. The summed E-state index contributed by atoms with van der Waals surface area (Å²) in [5.41, 5.74) is 0.0395. The smallest absolute Gasteiger partial charge is 0.233 e. The molecule has 0 aliphatic carbocycles. The maximum Gasteiger partial charge on any atom is 0.435 e. The van der Waals surface area contributed by atoms with Crippen LogP contribution in [-0.4, -0.2) is 18.2 Å². The van der Waals surface area contributed by atoms with E-state index in [2.05, 4.69) is 5.10 Å². The highest BCUT2D eigenvalue weighted by Gasteiger charge is 2.35. The van der Waals surface area contributed by atoms with Gasteiger partial charge in [-0.05, 0) is 37.3 Å². The number of hydrogen-bond acceptors (Lipinski definition) is 3. The molecule has 0 saturated heterocycles. The van der Waals surface area contributed by atoms with E-state index in [1.165, 1.54) is 6.07 Å². The van der Waals surface area contributed by atoms with Crippen molar-refractivity contribution in [2.45, 2.75) is 18.0 Å². The van der Waals surface area contributed by atoms with Crippen LogP contribution in [0, 0.1) is 12.7 Å². The number of halogens is 4. The lowest BCUT2D eigenvalue weighted by Crippen LogP contribution is -2.14. The second-order valence-electron chi connectivity index (χ2n) is 5.85. The predicted molar refractivity (Wildman–Crippen MR) is 90.1 cm³/mol. The van der Waals surface area contributed by atoms with E-state index in [-0.39, 0.29) is 11.3 Å². The zero-order valence-corrected chi connectivity index (χ0v) is 14.6. The molecule has 10 heteroatoms. The molecule has 1 heterocycles. The van der Waals surface area contributed by atoms with Crippen molar-refractivity contribution in [1.29, 1.82) is 0 Å². The minimum Gasteiger partial charge on any atom is -0.233 e. The molecule has 1 aromatic heterocycles. The van der Waals surface area contributed by atoms with Gasteiger partial charge in [-0.3, -0.25) is 0 Å². The molecule has 0 aliphatic heterocycles. The van der Waals surface area contributed by atoms with E-state index in [0.717, 1.165) is 28.4 Å². The van der Waals surface area contributed by atoms with E-state index in [1.54, 1.807) is 24.3 Å². The van der Waals surface area contributed by atoms with Gasteiger partial charge in [0.1, 0.15) is 10.7 Å². The third-order valence-electron chi connectivity index (χ3n) is 3.81. The lowest BCUT2D eigenvalue weighted by atomic mass is 10.1. The highest BCUT2D eigenvalue weighted by molar-refractivity contribution is 7.89. The molecular formula is C17H13F4N3O2S. The van der Waals surface area contributed by atoms with Crippen LogP contribution < -0.4 is 5.14 Å². The second-order valence-corrected chi connectivity index (χ2v) is 7.38. The van der Waals surface area contributed by atoms with Crippen molar-refractivity contribution in [2.24, 2.45) is 5.14 Å². The highest BCUT2D eigenvalue weighted by Crippen LogP contribution is 2.34. The summed E-state index contributed by atoms with van der Waals surface area (Å²) in [5, 5.41) is 8.49. The average Bonchev–Trinajstić information content (AvgIpc) is 2.99. The Morgan fingerprint density at radius 2 is 1.67 bits per heavy atom. The first-order valence-electron chi connectivity index (χ1n) is 7.54. The number of nitrogens with zero attached hydrogens (tertiary/aromatic N) is 2. The first-order chi connectivity index (χ1) is 12.5. The number of hydrogen-bond donors (Lipinski definition) is 1. The zero-order valence-electron chi connectivity index (χ0n) is 13.8. The molecule has 0 aliphatic rings. The van der Waals surface area contributed by atoms with Crippen molar-refractivity contribution < 1.29 is 26.0 Å². The van der Waals surface area contributed by atoms with Gasteiger partial charge in [0, 0.05) is 5.56 Å². The number of sulfonamides is 1. The molecule has 0 spiro atoms. The Kier molecular flexibility index (Phi) is 4.56. The Hall–Kier alpha value is -2.72. The normalized spacial score (nSPS) is 12.4. The van der Waals surface area contributed by atoms with Gasteiger partial charge in [-0.15, -0.1) is 0 Å². The van der Waals surface area contributed by atoms with Crippen LogP contribution in [0.15, 0.2) is 53.4 Å². The van der Waals surface area contributed by atoms with Crippen LogP contribution in [0.25, 0.3) is 16.9 Å². The number of rotatable bonds is 3. The van der Waals surface area contributed by atoms with Gasteiger partial charge in [0.2, 0.25) is 10.0 Å². The van der Waals surface area contributed by atoms with E-state index >= 15 is 0 Å². The predicted octanol–water partition coefficient (Wildman–Crippen LogP) is 3.65. The molecular weight excluding hydrogens is 386 g/mol. The number of alkyl halides is 3. The van der Waals surface area contributed by atoms with Crippen molar-refractivity contribution in [3.05, 3.63) is 65.6 Å². The van der Waals surface area contributed by atoms with E-state index < -0.39 is 32.6 Å². The van der Waals surface area contributed by atoms with Gasteiger partial charge < -0.3 is 0 Å². The molecule has 0 amide bonds. The summed E-state index contributed by atoms with van der Waals surface area (Å²) in [5.74, 6) is -1.17. The molecule has 2 aromatic carbocycles. The van der Waals surface area contributed by atoms with E-state index in [4.69, 9.17) is 5.14 Å². The maximum absolute atomic E-state index is 14.1. The van der Waals surface area contributed by atoms with Gasteiger partial charge in [0.15, 0.2) is 5.69 Å². The van der Waals surface area contributed by atoms with Crippen LogP contribution in [0.5, 0.6) is 0 Å². The molecule has 27 heavy (non-hydrogen) atoms. The van der Waals surface area contributed by atoms with Crippen LogP contribution in [-0.2, 0) is 16.2 Å². The minimum atomic E-state index is -4.70. The number of nitrogens with two attached hydrogens (primary N) is 1. The molecule has 0 saturated carbocycles. The first-order valence-corrected chi connectivity index (χ1v) is 9.08. The van der Waals surface area contributed by atoms with Crippen LogP contribution in [0.3, 0.4) is 0 Å². The number of primary sulfonamides is 1. The summed E-state index contributed by atoms with van der Waals surface area (Å²) in [7, 11) is -4.29. The lowest BCUT2D eigenvalue weighted by Gasteiger charge is -2.09. The Bertz CT molecular complexity index is 1100. The summed E-state index contributed by atoms with van der Waals surface area (Å²) < 4.78 is 77.2. The van der Waals surface area contributed by atoms with E-state index in [1.807, 2.05) is 6.92 Å². The van der Waals surface area contributed by atoms with Crippen molar-refractivity contribution in [3.63, 3.8) is 0 Å². The highest BCUT2D eigenvalue weighted by atomic mass is 32.2. The average molecular weight is 399 g/mol. The third kappa shape index (κ3) is 3.86. The Labute approximate surface area is 152 Å². The fourth-order valence-electron chi connectivity index (χ4n) is 2.50. The summed E-state index contributed by atoms with van der Waals surface area (Å²) in [6.45, 7) is 1.82. The molecule has 5 nitrogen and oxygen atoms in total. The standard InChI is InChI=1S/C17H13F4N3O2S/c1-10-2-5-12(6-3-10)24-14(9-16(23-24)17(19,20)21)11-4-7-15(13(18)8-11)27(22,25)26/h2-9H,1H3,(H2,22,25,26). The van der Waals surface area contributed by atoms with Crippen molar-refractivity contribution >= 4 is 10.0 Å². The summed E-state index contributed by atoms with van der Waals surface area (Å²) in [6, 6.07) is 10.2. The van der Waals surface area contributed by atoms with Gasteiger partial charge in [0.25, 0.3) is 0 Å². The first kappa shape index (κ1) is 19.1. The molecule has 0 unspecified atom stereocenters. The molecule has 3 rings (SSSR count). The van der Waals surface area contributed by atoms with E-state index in [0.29, 0.717) is 5.69 Å². The van der Waals surface area contributed by atoms with Crippen LogP contribution in [0.2, 0.25) is 0 Å². The SMILES string of the molecule is Cc1ccc(-n2nc(C(F)(F)F)cc2-c2ccc(S(N)(=O)=O)c(F)c2)cc1. The van der Waals surface area contributed by atoms with Crippen LogP contribution >= 0.6 is 0 Å². The fourth-order valence-corrected chi connectivity index (χ4v) is 3.09. The second kappa shape index (κ2) is 6.46. The van der Waals surface area contributed by atoms with Crippen molar-refractivity contribution in [1.82, 2.24) is 9.78 Å². The van der Waals surface area contributed by atoms with Gasteiger partial charge in [-0.25, -0.2) is 22.6 Å². The summed E-state index contributed by atoms with van der Waals surface area (Å²) in [6.07, 6.45) is -4.70. The Morgan fingerprint density at radius 1 is 1.04 bits per heavy atom. The number of benzene rings is 2. The van der Waals surface area contributed by atoms with E-state index in [9.17, 15) is 26.0 Å². The van der Waals surface area contributed by atoms with Crippen molar-refractivity contribution in [3.8, 4) is 16.9 Å². The fraction of sp³-hybridized carbons (Fsp3) is 0.118. The number of aromatic nitrogens is 2. The topological polar surface area (TPSA) is 78.0 Å². The molecule has 2 N–H and O–H groups in total. The largest absolute Gasteiger partial charge is 0.435 e. The monoisotopic (exact) mass is 399 g/mol. The molecule has 0 radical (unpaired) electrons. The van der Waals surface area contributed by atoms with Crippen molar-refractivity contribution in [2.75, 3.05) is 0 Å². The van der Waals surface area contributed by atoms with Crippen LogP contribution in [0.4, 0.5) is 17.6 Å². The third-order valence-corrected chi connectivity index (χ3v) is 4.76.